The molecule has 1 aromatic carbocycles. The fraction of sp³-hybridized carbons (Fsp3) is 0.462. The average Bonchev–Trinajstić information content (AvgIpc) is 2.31. The van der Waals surface area contributed by atoms with Gasteiger partial charge in [-0.05, 0) is 31.7 Å². The van der Waals surface area contributed by atoms with Gasteiger partial charge in [0.05, 0.1) is 13.2 Å². The Bertz CT molecular complexity index is 426. The van der Waals surface area contributed by atoms with Gasteiger partial charge in [0.1, 0.15) is 5.75 Å². The van der Waals surface area contributed by atoms with E-state index in [1.807, 2.05) is 26.1 Å². The first-order valence-corrected chi connectivity index (χ1v) is 5.84. The van der Waals surface area contributed by atoms with Crippen molar-refractivity contribution in [1.29, 1.82) is 5.26 Å². The molecule has 0 aromatic heterocycles. The average molecular weight is 253 g/mol. The van der Waals surface area contributed by atoms with Crippen molar-refractivity contribution in [1.82, 2.24) is 4.90 Å². The van der Waals surface area contributed by atoms with Crippen molar-refractivity contribution in [2.75, 3.05) is 20.7 Å². The number of methoxy groups -OCH3 is 1. The van der Waals surface area contributed by atoms with E-state index in [0.29, 0.717) is 6.42 Å². The van der Waals surface area contributed by atoms with Crippen LogP contribution in [-0.4, -0.2) is 25.6 Å². The molecule has 0 radical (unpaired) electrons. The molecule has 17 heavy (non-hydrogen) atoms. The van der Waals surface area contributed by atoms with Crippen LogP contribution < -0.4 is 4.74 Å². The maximum absolute atomic E-state index is 8.54. The Morgan fingerprint density at radius 2 is 2.18 bits per heavy atom. The lowest BCUT2D eigenvalue weighted by Crippen LogP contribution is -2.19. The first-order chi connectivity index (χ1) is 8.08. The van der Waals surface area contributed by atoms with Crippen molar-refractivity contribution in [3.8, 4) is 11.8 Å². The summed E-state index contributed by atoms with van der Waals surface area (Å²) in [6.45, 7) is 3.42. The standard InChI is InChI=1S/C13H17ClN2O/c1-10-7-13(17-3)11(8-12(10)14)9-16(2)6-4-5-15/h7-8H,4,6,9H2,1-3H3. The number of benzene rings is 1. The zero-order chi connectivity index (χ0) is 12.8. The Labute approximate surface area is 108 Å². The summed E-state index contributed by atoms with van der Waals surface area (Å²) in [6.07, 6.45) is 0.526. The zero-order valence-corrected chi connectivity index (χ0v) is 11.2. The molecule has 3 nitrogen and oxygen atoms in total. The van der Waals surface area contributed by atoms with Gasteiger partial charge in [0.2, 0.25) is 0 Å². The van der Waals surface area contributed by atoms with Gasteiger partial charge in [-0.2, -0.15) is 5.26 Å². The van der Waals surface area contributed by atoms with Gasteiger partial charge in [-0.25, -0.2) is 0 Å². The molecule has 0 amide bonds. The quantitative estimate of drug-likeness (QED) is 0.808. The molecule has 1 aromatic rings. The molecule has 0 heterocycles. The predicted molar refractivity (Wildman–Crippen MR) is 69.3 cm³/mol. The number of nitriles is 1. The van der Waals surface area contributed by atoms with Gasteiger partial charge in [0.15, 0.2) is 0 Å². The predicted octanol–water partition coefficient (Wildman–Crippen LogP) is 3.00. The summed E-state index contributed by atoms with van der Waals surface area (Å²) in [6, 6.07) is 6.00. The molecular weight excluding hydrogens is 236 g/mol. The summed E-state index contributed by atoms with van der Waals surface area (Å²) in [5, 5.41) is 9.28. The van der Waals surface area contributed by atoms with Crippen LogP contribution in [0.25, 0.3) is 0 Å². The van der Waals surface area contributed by atoms with Gasteiger partial charge in [0, 0.05) is 30.1 Å². The fourth-order valence-corrected chi connectivity index (χ4v) is 1.81. The highest BCUT2D eigenvalue weighted by Gasteiger charge is 2.09. The topological polar surface area (TPSA) is 36.3 Å². The maximum atomic E-state index is 8.54. The SMILES string of the molecule is COc1cc(C)c(Cl)cc1CN(C)CCC#N. The van der Waals surface area contributed by atoms with E-state index in [0.717, 1.165) is 35.0 Å². The van der Waals surface area contributed by atoms with E-state index in [-0.39, 0.29) is 0 Å². The monoisotopic (exact) mass is 252 g/mol. The minimum Gasteiger partial charge on any atom is -0.496 e. The second-order valence-electron chi connectivity index (χ2n) is 4.06. The van der Waals surface area contributed by atoms with Crippen molar-refractivity contribution in [2.24, 2.45) is 0 Å². The van der Waals surface area contributed by atoms with Crippen LogP contribution in [0.1, 0.15) is 17.5 Å². The van der Waals surface area contributed by atoms with Crippen LogP contribution >= 0.6 is 11.6 Å². The van der Waals surface area contributed by atoms with E-state index in [2.05, 4.69) is 11.0 Å². The number of nitrogens with zero attached hydrogens (tertiary/aromatic N) is 2. The molecule has 0 bridgehead atoms. The van der Waals surface area contributed by atoms with Gasteiger partial charge >= 0.3 is 0 Å². The van der Waals surface area contributed by atoms with E-state index >= 15 is 0 Å². The molecule has 0 aliphatic carbocycles. The molecule has 0 fully saturated rings. The lowest BCUT2D eigenvalue weighted by Gasteiger charge is -2.18. The Morgan fingerprint density at radius 3 is 2.76 bits per heavy atom. The van der Waals surface area contributed by atoms with Crippen LogP contribution in [-0.2, 0) is 6.54 Å². The molecule has 0 unspecified atom stereocenters. The second-order valence-corrected chi connectivity index (χ2v) is 4.47. The Hall–Kier alpha value is -1.24. The van der Waals surface area contributed by atoms with E-state index < -0.39 is 0 Å². The Balaban J connectivity index is 2.83. The normalized spacial score (nSPS) is 10.4. The van der Waals surface area contributed by atoms with Crippen LogP contribution in [0, 0.1) is 18.3 Å². The first kappa shape index (κ1) is 13.8. The van der Waals surface area contributed by atoms with Gasteiger partial charge in [-0.1, -0.05) is 11.6 Å². The van der Waals surface area contributed by atoms with Crippen molar-refractivity contribution >= 4 is 11.6 Å². The number of rotatable bonds is 5. The Morgan fingerprint density at radius 1 is 1.47 bits per heavy atom. The lowest BCUT2D eigenvalue weighted by molar-refractivity contribution is 0.324. The minimum atomic E-state index is 0.526. The number of hydrogen-bond acceptors (Lipinski definition) is 3. The highest BCUT2D eigenvalue weighted by Crippen LogP contribution is 2.27. The molecule has 92 valence electrons. The molecule has 1 rings (SSSR count). The zero-order valence-electron chi connectivity index (χ0n) is 10.5. The number of hydrogen-bond donors (Lipinski definition) is 0. The smallest absolute Gasteiger partial charge is 0.123 e. The van der Waals surface area contributed by atoms with Crippen LogP contribution in [0.15, 0.2) is 12.1 Å². The third-order valence-electron chi connectivity index (χ3n) is 2.61. The molecule has 0 saturated carbocycles. The van der Waals surface area contributed by atoms with Crippen molar-refractivity contribution in [3.63, 3.8) is 0 Å². The second kappa shape index (κ2) is 6.48. The van der Waals surface area contributed by atoms with E-state index in [9.17, 15) is 0 Å². The lowest BCUT2D eigenvalue weighted by atomic mass is 10.1. The third-order valence-corrected chi connectivity index (χ3v) is 3.01. The van der Waals surface area contributed by atoms with E-state index in [1.165, 1.54) is 0 Å². The van der Waals surface area contributed by atoms with Crippen LogP contribution in [0.5, 0.6) is 5.75 Å². The van der Waals surface area contributed by atoms with Crippen molar-refractivity contribution in [2.45, 2.75) is 19.9 Å². The summed E-state index contributed by atoms with van der Waals surface area (Å²) >= 11 is 6.10. The molecule has 0 N–H and O–H groups in total. The van der Waals surface area contributed by atoms with E-state index in [4.69, 9.17) is 21.6 Å². The van der Waals surface area contributed by atoms with Crippen LogP contribution in [0.4, 0.5) is 0 Å². The van der Waals surface area contributed by atoms with E-state index in [1.54, 1.807) is 7.11 Å². The molecular formula is C13H17ClN2O. The van der Waals surface area contributed by atoms with Crippen LogP contribution in [0.3, 0.4) is 0 Å². The number of ether oxygens (including phenoxy) is 1. The van der Waals surface area contributed by atoms with Gasteiger partial charge in [-0.3, -0.25) is 0 Å². The minimum absolute atomic E-state index is 0.526. The fourth-order valence-electron chi connectivity index (χ4n) is 1.62. The van der Waals surface area contributed by atoms with Crippen molar-refractivity contribution in [3.05, 3.63) is 28.3 Å². The van der Waals surface area contributed by atoms with Gasteiger partial charge < -0.3 is 9.64 Å². The summed E-state index contributed by atoms with van der Waals surface area (Å²) in [4.78, 5) is 2.08. The molecule has 0 aliphatic rings. The number of aryl methyl sites for hydroxylation is 1. The molecule has 4 heteroatoms. The summed E-state index contributed by atoms with van der Waals surface area (Å²) < 4.78 is 5.34. The maximum Gasteiger partial charge on any atom is 0.123 e. The highest BCUT2D eigenvalue weighted by molar-refractivity contribution is 6.31. The van der Waals surface area contributed by atoms with Crippen molar-refractivity contribution < 1.29 is 4.74 Å². The molecule has 0 atom stereocenters. The Kier molecular flexibility index (Phi) is 5.27. The first-order valence-electron chi connectivity index (χ1n) is 5.47. The summed E-state index contributed by atoms with van der Waals surface area (Å²) in [5.41, 5.74) is 2.05. The van der Waals surface area contributed by atoms with Gasteiger partial charge in [0.25, 0.3) is 0 Å². The molecule has 0 spiro atoms. The van der Waals surface area contributed by atoms with Gasteiger partial charge in [-0.15, -0.1) is 0 Å². The summed E-state index contributed by atoms with van der Waals surface area (Å²) in [5.74, 6) is 0.843. The largest absolute Gasteiger partial charge is 0.496 e. The molecule has 0 saturated heterocycles. The van der Waals surface area contributed by atoms with Crippen LogP contribution in [0.2, 0.25) is 5.02 Å². The summed E-state index contributed by atoms with van der Waals surface area (Å²) in [7, 11) is 3.63. The highest BCUT2D eigenvalue weighted by atomic mass is 35.5. The number of halogens is 1. The molecule has 0 aliphatic heterocycles. The third kappa shape index (κ3) is 3.92.